The number of ketones is 1. The zero-order chi connectivity index (χ0) is 21.2. The third kappa shape index (κ3) is 3.88. The molecule has 0 saturated carbocycles. The van der Waals surface area contributed by atoms with E-state index >= 15 is 0 Å². The fourth-order valence-corrected chi connectivity index (χ4v) is 3.67. The zero-order valence-corrected chi connectivity index (χ0v) is 17.2. The number of ether oxygens (including phenoxy) is 2. The molecule has 0 radical (unpaired) electrons. The van der Waals surface area contributed by atoms with Crippen LogP contribution in [0.5, 0.6) is 0 Å². The molecule has 0 bridgehead atoms. The van der Waals surface area contributed by atoms with E-state index < -0.39 is 41.3 Å². The Morgan fingerprint density at radius 1 is 1.07 bits per heavy atom. The van der Waals surface area contributed by atoms with E-state index in [1.165, 1.54) is 31.4 Å². The quantitative estimate of drug-likeness (QED) is 0.523. The fourth-order valence-electron chi connectivity index (χ4n) is 3.41. The van der Waals surface area contributed by atoms with Gasteiger partial charge in [0.2, 0.25) is 0 Å². The maximum Gasteiger partial charge on any atom is 0.360 e. The van der Waals surface area contributed by atoms with Crippen molar-refractivity contribution in [1.29, 1.82) is 0 Å². The Hall–Kier alpha value is -2.78. The Kier molecular flexibility index (Phi) is 5.99. The van der Waals surface area contributed by atoms with E-state index in [-0.39, 0.29) is 0 Å². The number of esters is 1. The molecule has 2 N–H and O–H groups in total. The minimum Gasteiger partial charge on any atom is -0.465 e. The summed E-state index contributed by atoms with van der Waals surface area (Å²) in [5, 5.41) is 5.04. The lowest BCUT2D eigenvalue weighted by molar-refractivity contribution is -0.178. The number of carbonyl (C=O) groups excluding carboxylic acids is 3. The molecule has 9 heteroatoms. The highest BCUT2D eigenvalue weighted by Gasteiger charge is 2.59. The minimum absolute atomic E-state index is 0.300. The first-order chi connectivity index (χ1) is 13.8. The first-order valence-corrected chi connectivity index (χ1v) is 9.39. The van der Waals surface area contributed by atoms with Gasteiger partial charge in [-0.2, -0.15) is 0 Å². The first-order valence-electron chi connectivity index (χ1n) is 8.60. The summed E-state index contributed by atoms with van der Waals surface area (Å²) in [5.74, 6) is -3.11. The molecule has 0 aliphatic carbocycles. The Morgan fingerprint density at radius 2 is 1.69 bits per heavy atom. The van der Waals surface area contributed by atoms with Crippen LogP contribution in [0.25, 0.3) is 0 Å². The third-order valence-electron chi connectivity index (χ3n) is 4.81. The predicted molar refractivity (Wildman–Crippen MR) is 105 cm³/mol. The fraction of sp³-hybridized carbons (Fsp3) is 0.250. The van der Waals surface area contributed by atoms with Gasteiger partial charge >= 0.3 is 12.0 Å². The maximum atomic E-state index is 13.5. The van der Waals surface area contributed by atoms with E-state index in [2.05, 4.69) is 26.6 Å². The number of urea groups is 1. The number of benzene rings is 2. The number of carbonyl (C=O) groups is 3. The molecule has 2 aromatic carbocycles. The van der Waals surface area contributed by atoms with Crippen molar-refractivity contribution in [2.45, 2.75) is 11.8 Å². The molecule has 2 amide bonds. The SMILES string of the molecule is COC(=O)C1(OC)NC(=O)NC(c2ccc(F)cc2)C1C(=O)c1ccc(Br)cc1. The summed E-state index contributed by atoms with van der Waals surface area (Å²) >= 11 is 3.31. The number of hydrogen-bond donors (Lipinski definition) is 2. The third-order valence-corrected chi connectivity index (χ3v) is 5.34. The summed E-state index contributed by atoms with van der Waals surface area (Å²) in [7, 11) is 2.33. The molecule has 1 fully saturated rings. The predicted octanol–water partition coefficient (Wildman–Crippen LogP) is 2.96. The van der Waals surface area contributed by atoms with Gasteiger partial charge in [0.15, 0.2) is 5.78 Å². The summed E-state index contributed by atoms with van der Waals surface area (Å²) in [6.07, 6.45) is 0. The van der Waals surface area contributed by atoms with Crippen LogP contribution >= 0.6 is 15.9 Å². The van der Waals surface area contributed by atoms with Gasteiger partial charge in [0.05, 0.1) is 13.2 Å². The van der Waals surface area contributed by atoms with Crippen LogP contribution in [0.4, 0.5) is 9.18 Å². The number of nitrogens with one attached hydrogen (secondary N) is 2. The Bertz CT molecular complexity index is 935. The van der Waals surface area contributed by atoms with Gasteiger partial charge in [-0.25, -0.2) is 14.0 Å². The van der Waals surface area contributed by atoms with Crippen molar-refractivity contribution in [2.24, 2.45) is 5.92 Å². The van der Waals surface area contributed by atoms with Crippen LogP contribution in [0.3, 0.4) is 0 Å². The van der Waals surface area contributed by atoms with E-state index in [4.69, 9.17) is 9.47 Å². The molecular weight excluding hydrogens is 447 g/mol. The highest BCUT2D eigenvalue weighted by Crippen LogP contribution is 2.38. The smallest absolute Gasteiger partial charge is 0.360 e. The van der Waals surface area contributed by atoms with Crippen LogP contribution in [0.1, 0.15) is 22.0 Å². The number of hydrogen-bond acceptors (Lipinski definition) is 5. The van der Waals surface area contributed by atoms with E-state index in [9.17, 15) is 18.8 Å². The highest BCUT2D eigenvalue weighted by atomic mass is 79.9. The Balaban J connectivity index is 2.17. The summed E-state index contributed by atoms with van der Waals surface area (Å²) in [6, 6.07) is 10.1. The van der Waals surface area contributed by atoms with Gasteiger partial charge in [0.25, 0.3) is 5.72 Å². The average Bonchev–Trinajstić information content (AvgIpc) is 2.73. The molecule has 1 aliphatic rings. The molecule has 7 nitrogen and oxygen atoms in total. The largest absolute Gasteiger partial charge is 0.465 e. The van der Waals surface area contributed by atoms with Crippen molar-refractivity contribution < 1.29 is 28.2 Å². The first kappa shape index (κ1) is 20.9. The van der Waals surface area contributed by atoms with E-state index in [1.807, 2.05) is 0 Å². The monoisotopic (exact) mass is 464 g/mol. The number of rotatable bonds is 5. The summed E-state index contributed by atoms with van der Waals surface area (Å²) in [4.78, 5) is 38.5. The lowest BCUT2D eigenvalue weighted by Crippen LogP contribution is -2.71. The van der Waals surface area contributed by atoms with Crippen LogP contribution in [0, 0.1) is 11.7 Å². The van der Waals surface area contributed by atoms with Gasteiger partial charge in [0.1, 0.15) is 11.7 Å². The minimum atomic E-state index is -2.07. The van der Waals surface area contributed by atoms with Gasteiger partial charge in [-0.1, -0.05) is 40.2 Å². The van der Waals surface area contributed by atoms with Crippen molar-refractivity contribution in [3.63, 3.8) is 0 Å². The van der Waals surface area contributed by atoms with Gasteiger partial charge in [0, 0.05) is 17.1 Å². The zero-order valence-electron chi connectivity index (χ0n) is 15.6. The second kappa shape index (κ2) is 8.30. The molecule has 29 heavy (non-hydrogen) atoms. The topological polar surface area (TPSA) is 93.7 Å². The lowest BCUT2D eigenvalue weighted by Gasteiger charge is -2.44. The van der Waals surface area contributed by atoms with E-state index in [1.54, 1.807) is 24.3 Å². The van der Waals surface area contributed by atoms with Crippen LogP contribution in [0.15, 0.2) is 53.0 Å². The van der Waals surface area contributed by atoms with E-state index in [0.717, 1.165) is 11.6 Å². The molecule has 2 aromatic rings. The van der Waals surface area contributed by atoms with Crippen LogP contribution in [0.2, 0.25) is 0 Å². The molecule has 1 aliphatic heterocycles. The normalized spacial score (nSPS) is 23.7. The Morgan fingerprint density at radius 3 is 2.24 bits per heavy atom. The van der Waals surface area contributed by atoms with Crippen molar-refractivity contribution >= 4 is 33.7 Å². The molecular formula is C20H18BrFN2O5. The molecule has 1 heterocycles. The molecule has 3 unspecified atom stereocenters. The number of methoxy groups -OCH3 is 2. The van der Waals surface area contributed by atoms with Gasteiger partial charge in [-0.15, -0.1) is 0 Å². The van der Waals surface area contributed by atoms with E-state index in [0.29, 0.717) is 11.1 Å². The molecule has 152 valence electrons. The summed E-state index contributed by atoms with van der Waals surface area (Å²) in [5.41, 5.74) is -1.34. The van der Waals surface area contributed by atoms with Gasteiger partial charge < -0.3 is 14.8 Å². The lowest BCUT2D eigenvalue weighted by atomic mass is 9.77. The molecule has 3 atom stereocenters. The van der Waals surface area contributed by atoms with Crippen molar-refractivity contribution in [3.05, 3.63) is 69.9 Å². The summed E-state index contributed by atoms with van der Waals surface area (Å²) in [6.45, 7) is 0. The van der Waals surface area contributed by atoms with Crippen molar-refractivity contribution in [3.8, 4) is 0 Å². The molecule has 0 spiro atoms. The second-order valence-electron chi connectivity index (χ2n) is 6.41. The highest BCUT2D eigenvalue weighted by molar-refractivity contribution is 9.10. The van der Waals surface area contributed by atoms with Gasteiger partial charge in [-0.05, 0) is 29.8 Å². The van der Waals surface area contributed by atoms with Crippen LogP contribution in [-0.2, 0) is 14.3 Å². The standard InChI is InChI=1S/C20H18BrFN2O5/c1-28-18(26)20(29-2)15(17(25)12-3-7-13(21)8-4-12)16(23-19(27)24-20)11-5-9-14(22)10-6-11/h3-10,15-16H,1-2H3,(H2,23,24,27). The molecule has 0 aromatic heterocycles. The summed E-state index contributed by atoms with van der Waals surface area (Å²) < 4.78 is 24.4. The molecule has 1 saturated heterocycles. The molecule has 3 rings (SSSR count). The van der Waals surface area contributed by atoms with Crippen LogP contribution < -0.4 is 10.6 Å². The van der Waals surface area contributed by atoms with Crippen molar-refractivity contribution in [1.82, 2.24) is 10.6 Å². The van der Waals surface area contributed by atoms with Gasteiger partial charge in [-0.3, -0.25) is 10.1 Å². The Labute approximate surface area is 174 Å². The number of Topliss-reactive ketones (excluding diaryl/α,β-unsaturated/α-hetero) is 1. The van der Waals surface area contributed by atoms with Crippen LogP contribution in [-0.4, -0.2) is 37.7 Å². The average molecular weight is 465 g/mol. The number of halogens is 2. The maximum absolute atomic E-state index is 13.5. The second-order valence-corrected chi connectivity index (χ2v) is 7.32. The van der Waals surface area contributed by atoms with Crippen molar-refractivity contribution in [2.75, 3.05) is 14.2 Å². The number of amides is 2.